The number of nitrogens with zero attached hydrogens (tertiary/aromatic N) is 3. The van der Waals surface area contributed by atoms with E-state index in [2.05, 4.69) is 9.97 Å². The molecule has 0 aliphatic carbocycles. The van der Waals surface area contributed by atoms with Crippen molar-refractivity contribution in [1.82, 2.24) is 14.9 Å². The number of hydrogen-bond donors (Lipinski definition) is 0. The maximum atomic E-state index is 14.6. The third-order valence-electron chi connectivity index (χ3n) is 5.15. The van der Waals surface area contributed by atoms with E-state index in [4.69, 9.17) is 4.74 Å². The van der Waals surface area contributed by atoms with Crippen LogP contribution < -0.4 is 0 Å². The second-order valence-corrected chi connectivity index (χ2v) is 8.73. The number of carbonyl (C=O) groups is 1. The van der Waals surface area contributed by atoms with Gasteiger partial charge in [0.05, 0.1) is 0 Å². The van der Waals surface area contributed by atoms with Crippen LogP contribution in [0.5, 0.6) is 0 Å². The Morgan fingerprint density at radius 1 is 1.24 bits per heavy atom. The standard InChI is InChI=1S/C22H29F2N3O2/c1-21(2,3)29-20(28)27-14-11-17(15-27)22(23,24)12-5-4-8-18-10-9-16-7-6-13-25-19(16)26-18/h6-7,9-10,13,17H,4-5,8,11-12,14-15H2,1-3H3. The molecule has 5 nitrogen and oxygen atoms in total. The molecule has 3 heterocycles. The van der Waals surface area contributed by atoms with Crippen LogP contribution in [0, 0.1) is 5.92 Å². The van der Waals surface area contributed by atoms with Crippen LogP contribution in [-0.2, 0) is 11.2 Å². The van der Waals surface area contributed by atoms with Crippen molar-refractivity contribution in [3.8, 4) is 0 Å². The number of aryl methyl sites for hydroxylation is 1. The Labute approximate surface area is 170 Å². The Morgan fingerprint density at radius 3 is 2.79 bits per heavy atom. The summed E-state index contributed by atoms with van der Waals surface area (Å²) in [6.45, 7) is 5.69. The zero-order valence-electron chi connectivity index (χ0n) is 17.3. The van der Waals surface area contributed by atoms with Crippen LogP contribution in [0.15, 0.2) is 30.5 Å². The lowest BCUT2D eigenvalue weighted by Gasteiger charge is -2.26. The summed E-state index contributed by atoms with van der Waals surface area (Å²) in [5.41, 5.74) is 0.935. The van der Waals surface area contributed by atoms with Gasteiger partial charge in [0.1, 0.15) is 5.60 Å². The molecular formula is C22H29F2N3O2. The van der Waals surface area contributed by atoms with Gasteiger partial charge in [-0.2, -0.15) is 0 Å². The average molecular weight is 405 g/mol. The van der Waals surface area contributed by atoms with Crippen molar-refractivity contribution in [2.24, 2.45) is 5.92 Å². The zero-order chi connectivity index (χ0) is 21.1. The SMILES string of the molecule is CC(C)(C)OC(=O)N1CCC(C(F)(F)CCCCc2ccc3cccnc3n2)C1. The molecule has 2 aromatic heterocycles. The molecule has 0 radical (unpaired) electrons. The first-order valence-electron chi connectivity index (χ1n) is 10.2. The summed E-state index contributed by atoms with van der Waals surface area (Å²) >= 11 is 0. The van der Waals surface area contributed by atoms with Gasteiger partial charge in [0.25, 0.3) is 5.92 Å². The Morgan fingerprint density at radius 2 is 2.03 bits per heavy atom. The van der Waals surface area contributed by atoms with Crippen LogP contribution in [0.1, 0.15) is 52.1 Å². The van der Waals surface area contributed by atoms with Gasteiger partial charge in [-0.25, -0.2) is 23.5 Å². The molecule has 1 saturated heterocycles. The minimum absolute atomic E-state index is 0.0554. The topological polar surface area (TPSA) is 55.3 Å². The number of likely N-dealkylation sites (tertiary alicyclic amines) is 1. The molecule has 0 saturated carbocycles. The highest BCUT2D eigenvalue weighted by Crippen LogP contribution is 2.37. The number of aromatic nitrogens is 2. The number of pyridine rings is 2. The van der Waals surface area contributed by atoms with Gasteiger partial charge in [-0.15, -0.1) is 0 Å². The number of carbonyl (C=O) groups excluding carboxylic acids is 1. The van der Waals surface area contributed by atoms with Gasteiger partial charge < -0.3 is 9.64 Å². The van der Waals surface area contributed by atoms with Gasteiger partial charge in [-0.3, -0.25) is 0 Å². The Balaban J connectivity index is 1.45. The third-order valence-corrected chi connectivity index (χ3v) is 5.15. The summed E-state index contributed by atoms with van der Waals surface area (Å²) in [5.74, 6) is -3.59. The second kappa shape index (κ2) is 8.59. The summed E-state index contributed by atoms with van der Waals surface area (Å²) in [5, 5.41) is 0.971. The second-order valence-electron chi connectivity index (χ2n) is 8.73. The molecule has 29 heavy (non-hydrogen) atoms. The normalized spacial score (nSPS) is 17.7. The smallest absolute Gasteiger partial charge is 0.410 e. The third kappa shape index (κ3) is 5.84. The molecule has 1 atom stereocenters. The van der Waals surface area contributed by atoms with Crippen LogP contribution in [0.3, 0.4) is 0 Å². The first-order chi connectivity index (χ1) is 13.6. The van der Waals surface area contributed by atoms with E-state index in [1.54, 1.807) is 27.0 Å². The van der Waals surface area contributed by atoms with Crippen molar-refractivity contribution >= 4 is 17.1 Å². The van der Waals surface area contributed by atoms with Crippen molar-refractivity contribution in [1.29, 1.82) is 0 Å². The maximum absolute atomic E-state index is 14.6. The van der Waals surface area contributed by atoms with Crippen LogP contribution in [0.4, 0.5) is 13.6 Å². The first-order valence-corrected chi connectivity index (χ1v) is 10.2. The molecule has 3 rings (SSSR count). The Bertz CT molecular complexity index is 851. The predicted molar refractivity (Wildman–Crippen MR) is 108 cm³/mol. The molecule has 7 heteroatoms. The molecule has 0 bridgehead atoms. The number of alkyl halides is 2. The quantitative estimate of drug-likeness (QED) is 0.617. The summed E-state index contributed by atoms with van der Waals surface area (Å²) in [6, 6.07) is 7.70. The minimum Gasteiger partial charge on any atom is -0.444 e. The number of rotatable bonds is 6. The van der Waals surface area contributed by atoms with Gasteiger partial charge in [0, 0.05) is 42.7 Å². The van der Waals surface area contributed by atoms with Crippen molar-refractivity contribution in [3.63, 3.8) is 0 Å². The fraction of sp³-hybridized carbons (Fsp3) is 0.591. The van der Waals surface area contributed by atoms with E-state index < -0.39 is 23.5 Å². The molecule has 1 aliphatic heterocycles. The highest BCUT2D eigenvalue weighted by atomic mass is 19.3. The maximum Gasteiger partial charge on any atom is 0.410 e. The number of hydrogen-bond acceptors (Lipinski definition) is 4. The summed E-state index contributed by atoms with van der Waals surface area (Å²) in [7, 11) is 0. The molecule has 0 spiro atoms. The van der Waals surface area contributed by atoms with Crippen LogP contribution in [0.25, 0.3) is 11.0 Å². The van der Waals surface area contributed by atoms with Crippen LogP contribution in [-0.4, -0.2) is 45.6 Å². The van der Waals surface area contributed by atoms with Crippen LogP contribution >= 0.6 is 0 Å². The number of halogens is 2. The lowest BCUT2D eigenvalue weighted by Crippen LogP contribution is -2.37. The van der Waals surface area contributed by atoms with E-state index in [1.165, 1.54) is 4.90 Å². The summed E-state index contributed by atoms with van der Waals surface area (Å²) in [6.07, 6.45) is 3.03. The molecule has 1 amide bonds. The highest BCUT2D eigenvalue weighted by molar-refractivity contribution is 5.74. The zero-order valence-corrected chi connectivity index (χ0v) is 17.3. The predicted octanol–water partition coefficient (Wildman–Crippen LogP) is 5.23. The minimum atomic E-state index is -2.78. The molecule has 1 aliphatic rings. The summed E-state index contributed by atoms with van der Waals surface area (Å²) < 4.78 is 34.6. The molecule has 1 unspecified atom stereocenters. The Hall–Kier alpha value is -2.31. The highest BCUT2D eigenvalue weighted by Gasteiger charge is 2.44. The van der Waals surface area contributed by atoms with Crippen molar-refractivity contribution in [2.45, 2.75) is 64.4 Å². The van der Waals surface area contributed by atoms with E-state index in [9.17, 15) is 13.6 Å². The van der Waals surface area contributed by atoms with Gasteiger partial charge in [-0.05, 0) is 70.7 Å². The van der Waals surface area contributed by atoms with Gasteiger partial charge in [-0.1, -0.05) is 0 Å². The number of amides is 1. The molecule has 0 aromatic carbocycles. The monoisotopic (exact) mass is 405 g/mol. The molecular weight excluding hydrogens is 376 g/mol. The number of fused-ring (bicyclic) bond motifs is 1. The molecule has 2 aromatic rings. The van der Waals surface area contributed by atoms with Gasteiger partial charge in [0.2, 0.25) is 0 Å². The van der Waals surface area contributed by atoms with E-state index in [-0.39, 0.29) is 13.0 Å². The van der Waals surface area contributed by atoms with Crippen molar-refractivity contribution in [3.05, 3.63) is 36.2 Å². The van der Waals surface area contributed by atoms with Crippen molar-refractivity contribution < 1.29 is 18.3 Å². The van der Waals surface area contributed by atoms with Gasteiger partial charge in [0.15, 0.2) is 5.65 Å². The van der Waals surface area contributed by atoms with Crippen molar-refractivity contribution in [2.75, 3.05) is 13.1 Å². The first kappa shape index (κ1) is 21.4. The number of ether oxygens (including phenoxy) is 1. The van der Waals surface area contributed by atoms with Gasteiger partial charge >= 0.3 is 6.09 Å². The molecule has 158 valence electrons. The van der Waals surface area contributed by atoms with E-state index in [0.29, 0.717) is 37.9 Å². The largest absolute Gasteiger partial charge is 0.444 e. The lowest BCUT2D eigenvalue weighted by molar-refractivity contribution is -0.0631. The van der Waals surface area contributed by atoms with E-state index in [0.717, 1.165) is 11.1 Å². The summed E-state index contributed by atoms with van der Waals surface area (Å²) in [4.78, 5) is 22.2. The Kier molecular flexibility index (Phi) is 6.34. The lowest BCUT2D eigenvalue weighted by atomic mass is 9.95. The van der Waals surface area contributed by atoms with Crippen LogP contribution in [0.2, 0.25) is 0 Å². The molecule has 0 N–H and O–H groups in total. The molecule has 1 fully saturated rings. The fourth-order valence-electron chi connectivity index (χ4n) is 3.60. The average Bonchev–Trinajstić information content (AvgIpc) is 3.15. The fourth-order valence-corrected chi connectivity index (χ4v) is 3.60. The number of unbranched alkanes of at least 4 members (excludes halogenated alkanes) is 1. The van der Waals surface area contributed by atoms with E-state index in [1.807, 2.05) is 24.3 Å². The van der Waals surface area contributed by atoms with E-state index >= 15 is 0 Å².